The van der Waals surface area contributed by atoms with Crippen LogP contribution >= 0.6 is 0 Å². The summed E-state index contributed by atoms with van der Waals surface area (Å²) in [4.78, 5) is 8.08. The quantitative estimate of drug-likeness (QED) is 0.217. The highest BCUT2D eigenvalue weighted by Gasteiger charge is 2.05. The number of amidine groups is 1. The fourth-order valence-electron chi connectivity index (χ4n) is 1.48. The molecule has 0 fully saturated rings. The molecule has 1 rings (SSSR count). The molecule has 0 radical (unpaired) electrons. The second kappa shape index (κ2) is 11.1. The number of ether oxygens (including phenoxy) is 2. The molecule has 1 aromatic heterocycles. The minimum absolute atomic E-state index is 0.361. The Balaban J connectivity index is 2.10. The van der Waals surface area contributed by atoms with Crippen LogP contribution in [0.4, 0.5) is 0 Å². The summed E-state index contributed by atoms with van der Waals surface area (Å²) in [5, 5.41) is 5.43. The van der Waals surface area contributed by atoms with Crippen LogP contribution in [0.1, 0.15) is 5.82 Å². The first-order chi connectivity index (χ1) is 10.8. The van der Waals surface area contributed by atoms with Gasteiger partial charge in [-0.2, -0.15) is 0 Å². The number of aliphatic imine (C=N–C) groups is 1. The smallest absolute Gasteiger partial charge is 0.322 e. The monoisotopic (exact) mass is 302 g/mol. The van der Waals surface area contributed by atoms with Crippen LogP contribution in [0.2, 0.25) is 0 Å². The number of allylic oxidation sites excluding steroid dienone is 1. The van der Waals surface area contributed by atoms with Gasteiger partial charge in [-0.3, -0.25) is 5.41 Å². The number of nitrogens with two attached hydrogens (primary N) is 1. The highest BCUT2D eigenvalue weighted by Crippen LogP contribution is 1.88. The standard InChI is InChI=1S/C16H21N4O2/c1-3-15(17)18-8-6-11-21-13-14-22-12-10-20-9-5-7-19-16(20)4-2/h3-9,11,17H,1-2,10,12-14H2/q+1/p+1/b11-6-,17-15?,18-8?. The molecule has 0 aliphatic rings. The van der Waals surface area contributed by atoms with Crippen LogP contribution in [-0.4, -0.2) is 36.9 Å². The fourth-order valence-corrected chi connectivity index (χ4v) is 1.48. The third-order valence-corrected chi connectivity index (χ3v) is 2.55. The Morgan fingerprint density at radius 2 is 2.23 bits per heavy atom. The molecule has 2 N–H and O–H groups in total. The van der Waals surface area contributed by atoms with Crippen molar-refractivity contribution in [3.8, 4) is 0 Å². The summed E-state index contributed by atoms with van der Waals surface area (Å²) in [6, 6.07) is 1.87. The zero-order valence-electron chi connectivity index (χ0n) is 12.6. The normalized spacial score (nSPS) is 10.9. The molecule has 0 amide bonds. The molecule has 116 valence electrons. The maximum absolute atomic E-state index is 5.49. The lowest BCUT2D eigenvalue weighted by atomic mass is 10.5. The average molecular weight is 302 g/mol. The summed E-state index contributed by atoms with van der Waals surface area (Å²) in [5.74, 6) is 1.18. The van der Waals surface area contributed by atoms with Crippen molar-refractivity contribution in [1.29, 1.82) is 0 Å². The van der Waals surface area contributed by atoms with Gasteiger partial charge in [0.25, 0.3) is 0 Å². The topological polar surface area (TPSA) is 73.2 Å². The highest BCUT2D eigenvalue weighted by molar-refractivity contribution is 5.95. The summed E-state index contributed by atoms with van der Waals surface area (Å²) in [6.07, 6.45) is 11.6. The zero-order valence-corrected chi connectivity index (χ0v) is 12.6. The van der Waals surface area contributed by atoms with E-state index in [1.807, 2.05) is 16.8 Å². The van der Waals surface area contributed by atoms with Crippen LogP contribution in [-0.2, 0) is 16.0 Å². The Kier molecular flexibility index (Phi) is 8.81. The van der Waals surface area contributed by atoms with E-state index in [0.29, 0.717) is 32.2 Å². The Bertz CT molecular complexity index is 553. The summed E-state index contributed by atoms with van der Waals surface area (Å²) >= 11 is 0. The molecular formula is C16H22N4O2+2. The predicted octanol–water partition coefficient (Wildman–Crippen LogP) is -0.0266. The number of hydrogen-bond donors (Lipinski definition) is 1. The van der Waals surface area contributed by atoms with E-state index in [-0.39, 0.29) is 0 Å². The van der Waals surface area contributed by atoms with Crippen molar-refractivity contribution in [1.82, 2.24) is 4.98 Å². The first-order valence-electron chi connectivity index (χ1n) is 6.88. The minimum Gasteiger partial charge on any atom is -0.499 e. The molecule has 0 unspecified atom stereocenters. The maximum atomic E-state index is 5.49. The molecule has 0 bridgehead atoms. The second-order valence-corrected chi connectivity index (χ2v) is 4.09. The van der Waals surface area contributed by atoms with Gasteiger partial charge in [-0.05, 0) is 4.98 Å². The van der Waals surface area contributed by atoms with Crippen molar-refractivity contribution in [2.24, 2.45) is 4.99 Å². The molecule has 0 atom stereocenters. The maximum Gasteiger partial charge on any atom is 0.322 e. The van der Waals surface area contributed by atoms with Gasteiger partial charge >= 0.3 is 11.7 Å². The zero-order chi connectivity index (χ0) is 16.0. The van der Waals surface area contributed by atoms with Crippen LogP contribution in [0.3, 0.4) is 0 Å². The molecular weight excluding hydrogens is 280 g/mol. The largest absolute Gasteiger partial charge is 0.499 e. The average Bonchev–Trinajstić information content (AvgIpc) is 2.56. The first-order valence-corrected chi connectivity index (χ1v) is 6.88. The minimum atomic E-state index is 0.361. The van der Waals surface area contributed by atoms with Gasteiger partial charge in [0.05, 0.1) is 25.7 Å². The van der Waals surface area contributed by atoms with Crippen LogP contribution < -0.4 is 9.98 Å². The van der Waals surface area contributed by atoms with Gasteiger partial charge < -0.3 is 9.47 Å². The van der Waals surface area contributed by atoms with Gasteiger partial charge in [0.15, 0.2) is 0 Å². The molecule has 22 heavy (non-hydrogen) atoms. The molecule has 6 nitrogen and oxygen atoms in total. The lowest BCUT2D eigenvalue weighted by molar-refractivity contribution is -0.703. The molecule has 0 aliphatic heterocycles. The van der Waals surface area contributed by atoms with E-state index in [1.165, 1.54) is 18.6 Å². The molecule has 1 aromatic rings. The third kappa shape index (κ3) is 7.25. The van der Waals surface area contributed by atoms with Crippen molar-refractivity contribution >= 4 is 18.1 Å². The lowest BCUT2D eigenvalue weighted by Gasteiger charge is -2.04. The van der Waals surface area contributed by atoms with Crippen LogP contribution in [0.5, 0.6) is 0 Å². The predicted molar refractivity (Wildman–Crippen MR) is 86.1 cm³/mol. The van der Waals surface area contributed by atoms with E-state index < -0.39 is 0 Å². The molecule has 0 saturated carbocycles. The SMILES string of the molecule is C=CC(=[NH2+])N=C/C=C\OCCOCC[n+]1cccnc1C=C. The van der Waals surface area contributed by atoms with E-state index >= 15 is 0 Å². The first kappa shape index (κ1) is 17.5. The van der Waals surface area contributed by atoms with E-state index in [2.05, 4.69) is 23.1 Å². The second-order valence-electron chi connectivity index (χ2n) is 4.09. The number of nitrogens with zero attached hydrogens (tertiary/aromatic N) is 3. The molecule has 6 heteroatoms. The fraction of sp³-hybridized carbons (Fsp3) is 0.250. The Hall–Kier alpha value is -2.60. The van der Waals surface area contributed by atoms with Crippen LogP contribution in [0.15, 0.2) is 55.0 Å². The van der Waals surface area contributed by atoms with Gasteiger partial charge in [0.2, 0.25) is 0 Å². The molecule has 0 aromatic carbocycles. The van der Waals surface area contributed by atoms with Gasteiger partial charge in [0.1, 0.15) is 25.6 Å². The molecule has 1 heterocycles. The van der Waals surface area contributed by atoms with Crippen molar-refractivity contribution in [3.63, 3.8) is 0 Å². The van der Waals surface area contributed by atoms with Gasteiger partial charge in [-0.25, -0.2) is 4.57 Å². The van der Waals surface area contributed by atoms with Gasteiger partial charge in [0, 0.05) is 24.3 Å². The van der Waals surface area contributed by atoms with Crippen LogP contribution in [0, 0.1) is 0 Å². The molecule has 0 saturated heterocycles. The van der Waals surface area contributed by atoms with Gasteiger partial charge in [-0.1, -0.05) is 18.2 Å². The van der Waals surface area contributed by atoms with Crippen LogP contribution in [0.25, 0.3) is 6.08 Å². The highest BCUT2D eigenvalue weighted by atomic mass is 16.5. The number of aromatic nitrogens is 2. The summed E-state index contributed by atoms with van der Waals surface area (Å²) in [5.41, 5.74) is 0. The van der Waals surface area contributed by atoms with E-state index in [9.17, 15) is 0 Å². The van der Waals surface area contributed by atoms with Crippen molar-refractivity contribution in [2.75, 3.05) is 19.8 Å². The van der Waals surface area contributed by atoms with E-state index in [4.69, 9.17) is 14.9 Å². The van der Waals surface area contributed by atoms with Crippen molar-refractivity contribution < 1.29 is 19.5 Å². The Morgan fingerprint density at radius 3 is 3.00 bits per heavy atom. The van der Waals surface area contributed by atoms with E-state index in [0.717, 1.165) is 5.82 Å². The number of rotatable bonds is 10. The van der Waals surface area contributed by atoms with Crippen molar-refractivity contribution in [3.05, 3.63) is 55.9 Å². The lowest BCUT2D eigenvalue weighted by Crippen LogP contribution is -2.39. The Labute approximate surface area is 130 Å². The van der Waals surface area contributed by atoms with E-state index in [1.54, 1.807) is 18.3 Å². The summed E-state index contributed by atoms with van der Waals surface area (Å²) in [7, 11) is 0. The van der Waals surface area contributed by atoms with Gasteiger partial charge in [-0.15, -0.1) is 0 Å². The van der Waals surface area contributed by atoms with Crippen molar-refractivity contribution in [2.45, 2.75) is 6.54 Å². The summed E-state index contributed by atoms with van der Waals surface area (Å²) < 4.78 is 12.7. The molecule has 0 spiro atoms. The number of hydrogen-bond acceptors (Lipinski definition) is 3. The summed E-state index contributed by atoms with van der Waals surface area (Å²) in [6.45, 7) is 9.49. The Morgan fingerprint density at radius 1 is 1.36 bits per heavy atom. The third-order valence-electron chi connectivity index (χ3n) is 2.55. The molecule has 0 aliphatic carbocycles.